The topological polar surface area (TPSA) is 85.3 Å². The van der Waals surface area contributed by atoms with Gasteiger partial charge in [0.2, 0.25) is 5.91 Å². The summed E-state index contributed by atoms with van der Waals surface area (Å²) in [5.74, 6) is -0.0875. The van der Waals surface area contributed by atoms with Crippen LogP contribution in [0.25, 0.3) is 22.5 Å². The zero-order valence-corrected chi connectivity index (χ0v) is 21.5. The first-order chi connectivity index (χ1) is 18.0. The second kappa shape index (κ2) is 12.2. The quantitative estimate of drug-likeness (QED) is 0.179. The number of hydrogen-bond donors (Lipinski definition) is 2. The number of aromatic nitrogens is 2. The van der Waals surface area contributed by atoms with Crippen molar-refractivity contribution in [3.05, 3.63) is 96.1 Å². The van der Waals surface area contributed by atoms with E-state index in [0.717, 1.165) is 33.3 Å². The van der Waals surface area contributed by atoms with Crippen LogP contribution in [0.5, 0.6) is 5.75 Å². The van der Waals surface area contributed by atoms with Crippen molar-refractivity contribution < 1.29 is 14.3 Å². The molecule has 0 aliphatic rings. The molecule has 1 atom stereocenters. The van der Waals surface area contributed by atoms with E-state index in [9.17, 15) is 9.59 Å². The minimum Gasteiger partial charge on any atom is -0.495 e. The molecule has 8 heteroatoms. The molecule has 0 saturated carbocycles. The van der Waals surface area contributed by atoms with E-state index in [-0.39, 0.29) is 5.91 Å². The van der Waals surface area contributed by atoms with E-state index in [2.05, 4.69) is 15.8 Å². The van der Waals surface area contributed by atoms with Gasteiger partial charge in [0.1, 0.15) is 5.75 Å². The second-order valence-corrected chi connectivity index (χ2v) is 9.00. The Morgan fingerprint density at radius 3 is 2.68 bits per heavy atom. The summed E-state index contributed by atoms with van der Waals surface area (Å²) in [6.45, 7) is 1.92. The zero-order chi connectivity index (χ0) is 26.2. The molecule has 0 radical (unpaired) electrons. The molecule has 4 aromatic rings. The first-order valence-corrected chi connectivity index (χ1v) is 12.5. The first kappa shape index (κ1) is 26.0. The van der Waals surface area contributed by atoms with E-state index < -0.39 is 11.8 Å². The van der Waals surface area contributed by atoms with Gasteiger partial charge in [-0.1, -0.05) is 48.5 Å². The summed E-state index contributed by atoms with van der Waals surface area (Å²) in [6.07, 6.45) is 7.88. The number of halogens is 1. The Bertz CT molecular complexity index is 1420. The minimum absolute atomic E-state index is 0.287. The molecule has 37 heavy (non-hydrogen) atoms. The highest BCUT2D eigenvalue weighted by molar-refractivity contribution is 6.17. The average Bonchev–Trinajstić information content (AvgIpc) is 3.36. The summed E-state index contributed by atoms with van der Waals surface area (Å²) in [5, 5.41) is 2.06. The number of alkyl halides is 1. The van der Waals surface area contributed by atoms with E-state index in [1.807, 2.05) is 78.4 Å². The van der Waals surface area contributed by atoms with Gasteiger partial charge in [0.15, 0.2) is 0 Å². The maximum Gasteiger partial charge on any atom is 0.262 e. The van der Waals surface area contributed by atoms with Gasteiger partial charge in [-0.25, -0.2) is 4.98 Å². The number of ether oxygens (including phenoxy) is 1. The predicted molar refractivity (Wildman–Crippen MR) is 147 cm³/mol. The molecule has 0 fully saturated rings. The molecule has 1 unspecified atom stereocenters. The monoisotopic (exact) mass is 516 g/mol. The summed E-state index contributed by atoms with van der Waals surface area (Å²) in [4.78, 5) is 29.8. The third-order valence-electron chi connectivity index (χ3n) is 6.07. The number of nitrogens with one attached hydrogen (secondary N) is 2. The number of hydrazine groups is 1. The highest BCUT2D eigenvalue weighted by Crippen LogP contribution is 2.29. The van der Waals surface area contributed by atoms with Crippen LogP contribution in [0, 0.1) is 6.92 Å². The lowest BCUT2D eigenvalue weighted by atomic mass is 9.89. The number of carbonyl (C=O) groups excluding carboxylic acids is 2. The van der Waals surface area contributed by atoms with E-state index in [0.29, 0.717) is 24.5 Å². The van der Waals surface area contributed by atoms with Gasteiger partial charge < -0.3 is 9.30 Å². The Morgan fingerprint density at radius 2 is 1.92 bits per heavy atom. The highest BCUT2D eigenvalue weighted by Gasteiger charge is 2.22. The fraction of sp³-hybridized carbons (Fsp3) is 0.207. The SMILES string of the molecule is COc1cc(/C=C/C(=O)NNC(=O)C(CCCCl)c2cccc3ccccc23)ccc1-n1cnc(C)c1. The molecule has 0 bridgehead atoms. The maximum atomic E-state index is 13.1. The van der Waals surface area contributed by atoms with Gasteiger partial charge in [0.05, 0.1) is 30.7 Å². The number of carbonyl (C=O) groups is 2. The smallest absolute Gasteiger partial charge is 0.262 e. The molecular weight excluding hydrogens is 488 g/mol. The third kappa shape index (κ3) is 6.37. The number of aryl methyl sites for hydroxylation is 1. The molecule has 4 rings (SSSR count). The van der Waals surface area contributed by atoms with Crippen molar-refractivity contribution in [2.45, 2.75) is 25.7 Å². The number of methoxy groups -OCH3 is 1. The van der Waals surface area contributed by atoms with E-state index in [4.69, 9.17) is 16.3 Å². The van der Waals surface area contributed by atoms with Crippen LogP contribution in [0.15, 0.2) is 79.3 Å². The zero-order valence-electron chi connectivity index (χ0n) is 20.8. The van der Waals surface area contributed by atoms with Gasteiger partial charge >= 0.3 is 0 Å². The molecule has 7 nitrogen and oxygen atoms in total. The second-order valence-electron chi connectivity index (χ2n) is 8.62. The lowest BCUT2D eigenvalue weighted by Gasteiger charge is -2.19. The molecule has 0 aliphatic carbocycles. The molecule has 1 heterocycles. The summed E-state index contributed by atoms with van der Waals surface area (Å²) in [6, 6.07) is 19.4. The van der Waals surface area contributed by atoms with Gasteiger partial charge in [-0.05, 0) is 59.9 Å². The van der Waals surface area contributed by atoms with E-state index in [1.54, 1.807) is 19.5 Å². The molecule has 2 amide bonds. The molecule has 190 valence electrons. The summed E-state index contributed by atoms with van der Waals surface area (Å²) in [7, 11) is 1.59. The number of benzene rings is 3. The van der Waals surface area contributed by atoms with Gasteiger partial charge in [-0.2, -0.15) is 0 Å². The fourth-order valence-corrected chi connectivity index (χ4v) is 4.41. The molecule has 0 saturated heterocycles. The standard InChI is InChI=1S/C29H29ClN4O3/c1-20-18-34(19-31-20)26-14-12-21(17-27(26)37-2)13-15-28(35)32-33-29(36)25(11-6-16-30)24-10-5-8-22-7-3-4-9-23(22)24/h3-5,7-10,12-15,17-19,25H,6,11,16H2,1-2H3,(H,32,35)(H,33,36)/b15-13+. The molecular formula is C29H29ClN4O3. The van der Waals surface area contributed by atoms with Crippen molar-refractivity contribution in [1.82, 2.24) is 20.4 Å². The van der Waals surface area contributed by atoms with E-state index >= 15 is 0 Å². The van der Waals surface area contributed by atoms with Crippen molar-refractivity contribution in [2.24, 2.45) is 0 Å². The maximum absolute atomic E-state index is 13.1. The Balaban J connectivity index is 1.43. The van der Waals surface area contributed by atoms with Crippen LogP contribution in [0.4, 0.5) is 0 Å². The van der Waals surface area contributed by atoms with Crippen molar-refractivity contribution in [2.75, 3.05) is 13.0 Å². The van der Waals surface area contributed by atoms with Crippen LogP contribution in [0.2, 0.25) is 0 Å². The normalized spacial score (nSPS) is 12.0. The molecule has 0 spiro atoms. The number of imidazole rings is 1. The largest absolute Gasteiger partial charge is 0.495 e. The number of nitrogens with zero attached hydrogens (tertiary/aromatic N) is 2. The molecule has 1 aromatic heterocycles. The van der Waals surface area contributed by atoms with Crippen LogP contribution in [-0.4, -0.2) is 34.4 Å². The molecule has 3 aromatic carbocycles. The predicted octanol–water partition coefficient (Wildman–Crippen LogP) is 5.31. The summed E-state index contributed by atoms with van der Waals surface area (Å²) >= 11 is 5.93. The average molecular weight is 517 g/mol. The Labute approximate surface area is 221 Å². The van der Waals surface area contributed by atoms with Crippen LogP contribution in [-0.2, 0) is 9.59 Å². The number of fused-ring (bicyclic) bond motifs is 1. The lowest BCUT2D eigenvalue weighted by Crippen LogP contribution is -2.43. The van der Waals surface area contributed by atoms with Gasteiger partial charge in [-0.3, -0.25) is 20.4 Å². The van der Waals surface area contributed by atoms with Crippen LogP contribution in [0.1, 0.15) is 35.6 Å². The Hall–Kier alpha value is -4.10. The number of rotatable bonds is 9. The fourth-order valence-electron chi connectivity index (χ4n) is 4.25. The van der Waals surface area contributed by atoms with Crippen molar-refractivity contribution in [1.29, 1.82) is 0 Å². The number of amides is 2. The van der Waals surface area contributed by atoms with Crippen LogP contribution >= 0.6 is 11.6 Å². The minimum atomic E-state index is -0.448. The van der Waals surface area contributed by atoms with Gasteiger partial charge in [-0.15, -0.1) is 11.6 Å². The van der Waals surface area contributed by atoms with Crippen LogP contribution < -0.4 is 15.6 Å². The van der Waals surface area contributed by atoms with Crippen molar-refractivity contribution in [3.63, 3.8) is 0 Å². The summed E-state index contributed by atoms with van der Waals surface area (Å²) in [5.41, 5.74) is 8.49. The lowest BCUT2D eigenvalue weighted by molar-refractivity contribution is -0.127. The Kier molecular flexibility index (Phi) is 8.59. The third-order valence-corrected chi connectivity index (χ3v) is 6.34. The van der Waals surface area contributed by atoms with Gasteiger partial charge in [0, 0.05) is 18.2 Å². The highest BCUT2D eigenvalue weighted by atomic mass is 35.5. The summed E-state index contributed by atoms with van der Waals surface area (Å²) < 4.78 is 7.39. The van der Waals surface area contributed by atoms with E-state index in [1.165, 1.54) is 6.08 Å². The Morgan fingerprint density at radius 1 is 1.11 bits per heavy atom. The first-order valence-electron chi connectivity index (χ1n) is 12.0. The van der Waals surface area contributed by atoms with Crippen molar-refractivity contribution in [3.8, 4) is 11.4 Å². The number of hydrogen-bond acceptors (Lipinski definition) is 4. The van der Waals surface area contributed by atoms with Gasteiger partial charge in [0.25, 0.3) is 5.91 Å². The van der Waals surface area contributed by atoms with Crippen molar-refractivity contribution >= 4 is 40.3 Å². The molecule has 0 aliphatic heterocycles. The van der Waals surface area contributed by atoms with Crippen LogP contribution in [0.3, 0.4) is 0 Å². The molecule has 2 N–H and O–H groups in total.